The van der Waals surface area contributed by atoms with Crippen molar-refractivity contribution in [1.82, 2.24) is 45.5 Å². The van der Waals surface area contributed by atoms with Gasteiger partial charge < -0.3 is 20.4 Å². The first-order valence-corrected chi connectivity index (χ1v) is 13.8. The second-order valence-electron chi connectivity index (χ2n) is 10.6. The molecule has 4 aromatic rings. The van der Waals surface area contributed by atoms with Crippen LogP contribution in [0.4, 0.5) is 15.3 Å². The minimum atomic E-state index is -0.419. The van der Waals surface area contributed by atoms with E-state index in [1.165, 1.54) is 0 Å². The molecule has 0 aliphatic carbocycles. The third-order valence-corrected chi connectivity index (χ3v) is 8.21. The number of amides is 4. The molecule has 1 unspecified atom stereocenters. The van der Waals surface area contributed by atoms with Gasteiger partial charge in [0.15, 0.2) is 5.82 Å². The number of benzene rings is 2. The van der Waals surface area contributed by atoms with E-state index in [0.29, 0.717) is 44.7 Å². The van der Waals surface area contributed by atoms with E-state index >= 15 is 0 Å². The van der Waals surface area contributed by atoms with Gasteiger partial charge >= 0.3 is 12.1 Å². The van der Waals surface area contributed by atoms with Gasteiger partial charge in [-0.05, 0) is 59.4 Å². The maximum atomic E-state index is 13.5. The van der Waals surface area contributed by atoms with Gasteiger partial charge in [0.1, 0.15) is 0 Å². The average Bonchev–Trinajstić information content (AvgIpc) is 3.57. The lowest BCUT2D eigenvalue weighted by molar-refractivity contribution is 0.127. The normalized spacial score (nSPS) is 16.6. The highest BCUT2D eigenvalue weighted by atomic mass is 16.2. The van der Waals surface area contributed by atoms with Gasteiger partial charge in [-0.25, -0.2) is 14.3 Å². The Morgan fingerprint density at radius 1 is 1.18 bits per heavy atom. The molecule has 1 saturated heterocycles. The number of nitrogens with one attached hydrogen (secondary N) is 3. The van der Waals surface area contributed by atoms with Crippen LogP contribution in [0.5, 0.6) is 0 Å². The van der Waals surface area contributed by atoms with Crippen molar-refractivity contribution in [2.75, 3.05) is 18.4 Å². The van der Waals surface area contributed by atoms with Gasteiger partial charge in [0, 0.05) is 55.9 Å². The Kier molecular flexibility index (Phi) is 6.82. The van der Waals surface area contributed by atoms with Crippen molar-refractivity contribution in [3.05, 3.63) is 64.6 Å². The summed E-state index contributed by atoms with van der Waals surface area (Å²) in [6.45, 7) is 5.84. The maximum Gasteiger partial charge on any atom is 0.322 e. The number of likely N-dealkylation sites (tertiary alicyclic amines) is 1. The Morgan fingerprint density at radius 3 is 2.73 bits per heavy atom. The predicted molar refractivity (Wildman–Crippen MR) is 150 cm³/mol. The molecule has 40 heavy (non-hydrogen) atoms. The van der Waals surface area contributed by atoms with Crippen molar-refractivity contribution in [2.45, 2.75) is 58.2 Å². The topological polar surface area (TPSA) is 137 Å². The van der Waals surface area contributed by atoms with Gasteiger partial charge in [-0.3, -0.25) is 5.10 Å². The molecular weight excluding hydrogens is 508 g/mol. The van der Waals surface area contributed by atoms with Crippen LogP contribution in [0.2, 0.25) is 0 Å². The van der Waals surface area contributed by atoms with Gasteiger partial charge in [0.25, 0.3) is 0 Å². The van der Waals surface area contributed by atoms with Crippen molar-refractivity contribution in [1.29, 1.82) is 0 Å². The van der Waals surface area contributed by atoms with E-state index < -0.39 is 6.04 Å². The van der Waals surface area contributed by atoms with E-state index in [9.17, 15) is 9.59 Å². The summed E-state index contributed by atoms with van der Waals surface area (Å²) in [4.78, 5) is 30.0. The summed E-state index contributed by atoms with van der Waals surface area (Å²) in [5.41, 5.74) is 6.23. The van der Waals surface area contributed by atoms with Crippen LogP contribution in [0.3, 0.4) is 0 Å². The van der Waals surface area contributed by atoms with Crippen molar-refractivity contribution in [3.63, 3.8) is 0 Å². The molecule has 2 aromatic heterocycles. The van der Waals surface area contributed by atoms with Crippen molar-refractivity contribution in [3.8, 4) is 0 Å². The van der Waals surface area contributed by atoms with Gasteiger partial charge in [0.2, 0.25) is 0 Å². The first-order chi connectivity index (χ1) is 19.4. The lowest BCUT2D eigenvalue weighted by Gasteiger charge is -2.40. The third kappa shape index (κ3) is 4.74. The molecule has 0 bridgehead atoms. The fourth-order valence-corrected chi connectivity index (χ4v) is 5.99. The number of urea groups is 2. The monoisotopic (exact) mass is 542 g/mol. The molecule has 6 rings (SSSR count). The highest BCUT2D eigenvalue weighted by molar-refractivity contribution is 5.92. The number of anilines is 1. The molecule has 0 spiro atoms. The molecule has 2 aromatic carbocycles. The molecule has 12 nitrogen and oxygen atoms in total. The number of tetrazole rings is 1. The molecule has 4 heterocycles. The SMILES string of the molecule is CCc1c(CC(NC(=O)N2CCC(N3Cc4ccccc4NC3=O)CC2)c2nnnn2C)ccc2c(C)[nH]nc12. The van der Waals surface area contributed by atoms with Crippen LogP contribution in [0.1, 0.15) is 54.0 Å². The predicted octanol–water partition coefficient (Wildman–Crippen LogP) is 3.46. The number of H-pyrrole nitrogens is 1. The van der Waals surface area contributed by atoms with E-state index in [4.69, 9.17) is 0 Å². The quantitative estimate of drug-likeness (QED) is 0.341. The van der Waals surface area contributed by atoms with Gasteiger partial charge in [-0.1, -0.05) is 37.3 Å². The number of rotatable bonds is 6. The number of hydrogen-bond acceptors (Lipinski definition) is 6. The van der Waals surface area contributed by atoms with Gasteiger partial charge in [0.05, 0.1) is 11.6 Å². The standard InChI is InChI=1S/C28H34N10O2/c1-4-21-18(9-10-22-17(2)31-32-25(21)22)15-24(26-33-34-35-36(26)3)30-27(39)37-13-11-20(12-14-37)38-16-19-7-5-6-8-23(19)29-28(38)40/h5-10,20,24H,4,11-16H2,1-3H3,(H,29,40)(H,30,39)(H,31,32). The van der Waals surface area contributed by atoms with Crippen LogP contribution in [-0.4, -0.2) is 71.4 Å². The molecule has 0 saturated carbocycles. The van der Waals surface area contributed by atoms with E-state index in [1.54, 1.807) is 11.7 Å². The fourth-order valence-electron chi connectivity index (χ4n) is 5.99. The Morgan fingerprint density at radius 2 is 1.98 bits per heavy atom. The second kappa shape index (κ2) is 10.6. The molecule has 2 aliphatic rings. The summed E-state index contributed by atoms with van der Waals surface area (Å²) in [5, 5.41) is 27.0. The maximum absolute atomic E-state index is 13.5. The highest BCUT2D eigenvalue weighted by Crippen LogP contribution is 2.29. The van der Waals surface area contributed by atoms with Crippen LogP contribution in [0.25, 0.3) is 10.9 Å². The van der Waals surface area contributed by atoms with E-state index in [2.05, 4.69) is 55.4 Å². The third-order valence-electron chi connectivity index (χ3n) is 8.21. The summed E-state index contributed by atoms with van der Waals surface area (Å²) in [5.74, 6) is 0.590. The molecular formula is C28H34N10O2. The van der Waals surface area contributed by atoms with E-state index in [0.717, 1.165) is 45.4 Å². The van der Waals surface area contributed by atoms with Crippen molar-refractivity contribution >= 4 is 28.7 Å². The largest absolute Gasteiger partial charge is 0.328 e. The van der Waals surface area contributed by atoms with Crippen molar-refractivity contribution < 1.29 is 9.59 Å². The number of nitrogens with zero attached hydrogens (tertiary/aromatic N) is 7. The van der Waals surface area contributed by atoms with Crippen LogP contribution >= 0.6 is 0 Å². The van der Waals surface area contributed by atoms with Crippen LogP contribution in [-0.2, 0) is 26.4 Å². The summed E-state index contributed by atoms with van der Waals surface area (Å²) in [6, 6.07) is 11.5. The number of fused-ring (bicyclic) bond motifs is 2. The second-order valence-corrected chi connectivity index (χ2v) is 10.6. The summed E-state index contributed by atoms with van der Waals surface area (Å²) in [7, 11) is 1.78. The van der Waals surface area contributed by atoms with E-state index in [-0.39, 0.29) is 18.1 Å². The Labute approximate surface area is 232 Å². The van der Waals surface area contributed by atoms with Crippen molar-refractivity contribution in [2.24, 2.45) is 7.05 Å². The summed E-state index contributed by atoms with van der Waals surface area (Å²) >= 11 is 0. The molecule has 3 N–H and O–H groups in total. The highest BCUT2D eigenvalue weighted by Gasteiger charge is 2.33. The van der Waals surface area contributed by atoms with Crippen LogP contribution < -0.4 is 10.6 Å². The van der Waals surface area contributed by atoms with Gasteiger partial charge in [-0.2, -0.15) is 5.10 Å². The number of aromatic amines is 1. The number of para-hydroxylation sites is 1. The lowest BCUT2D eigenvalue weighted by atomic mass is 9.95. The van der Waals surface area contributed by atoms with Gasteiger partial charge in [-0.15, -0.1) is 5.10 Å². The number of carbonyl (C=O) groups is 2. The number of aromatic nitrogens is 6. The Balaban J connectivity index is 1.15. The number of hydrogen-bond donors (Lipinski definition) is 3. The van der Waals surface area contributed by atoms with Crippen LogP contribution in [0, 0.1) is 6.92 Å². The zero-order chi connectivity index (χ0) is 27.8. The molecule has 2 aliphatic heterocycles. The molecule has 1 fully saturated rings. The molecule has 0 radical (unpaired) electrons. The first kappa shape index (κ1) is 25.8. The number of piperidine rings is 1. The first-order valence-electron chi connectivity index (χ1n) is 13.8. The number of aryl methyl sites for hydroxylation is 3. The van der Waals surface area contributed by atoms with E-state index in [1.807, 2.05) is 41.0 Å². The molecule has 4 amide bonds. The molecule has 12 heteroatoms. The Bertz CT molecular complexity index is 1550. The summed E-state index contributed by atoms with van der Waals surface area (Å²) in [6.07, 6.45) is 2.79. The summed E-state index contributed by atoms with van der Waals surface area (Å²) < 4.78 is 1.60. The smallest absolute Gasteiger partial charge is 0.322 e. The van der Waals surface area contributed by atoms with Crippen LogP contribution in [0.15, 0.2) is 36.4 Å². The molecule has 1 atom stereocenters. The lowest BCUT2D eigenvalue weighted by Crippen LogP contribution is -2.53. The Hall–Kier alpha value is -4.48. The minimum Gasteiger partial charge on any atom is -0.328 e. The number of carbonyl (C=O) groups excluding carboxylic acids is 2. The average molecular weight is 543 g/mol. The fraction of sp³-hybridized carbons (Fsp3) is 0.429. The minimum absolute atomic E-state index is 0.0762. The zero-order valence-corrected chi connectivity index (χ0v) is 23.0. The molecule has 208 valence electrons. The zero-order valence-electron chi connectivity index (χ0n) is 23.0.